The fourth-order valence-electron chi connectivity index (χ4n) is 2.72. The maximum Gasteiger partial charge on any atom is 0.375 e. The van der Waals surface area contributed by atoms with E-state index in [-0.39, 0.29) is 17.1 Å². The van der Waals surface area contributed by atoms with Gasteiger partial charge in [-0.1, -0.05) is 30.3 Å². The summed E-state index contributed by atoms with van der Waals surface area (Å²) in [5.41, 5.74) is 0.918. The molecule has 1 aromatic heterocycles. The van der Waals surface area contributed by atoms with Crippen molar-refractivity contribution in [3.05, 3.63) is 76.7 Å². The zero-order valence-electron chi connectivity index (χ0n) is 16.0. The number of furan rings is 1. The first-order chi connectivity index (χ1) is 14.5. The van der Waals surface area contributed by atoms with Crippen LogP contribution in [0.1, 0.15) is 17.5 Å². The van der Waals surface area contributed by atoms with E-state index >= 15 is 0 Å². The van der Waals surface area contributed by atoms with Crippen LogP contribution in [0.15, 0.2) is 65.3 Å². The Kier molecular flexibility index (Phi) is 6.43. The molecule has 3 aromatic rings. The van der Waals surface area contributed by atoms with Gasteiger partial charge in [0.2, 0.25) is 5.76 Å². The van der Waals surface area contributed by atoms with Gasteiger partial charge in [-0.25, -0.2) is 4.79 Å². The lowest BCUT2D eigenvalue weighted by atomic mass is 10.1. The predicted molar refractivity (Wildman–Crippen MR) is 107 cm³/mol. The van der Waals surface area contributed by atoms with Gasteiger partial charge in [-0.2, -0.15) is 0 Å². The molecule has 9 nitrogen and oxygen atoms in total. The second-order valence-corrected chi connectivity index (χ2v) is 6.02. The summed E-state index contributed by atoms with van der Waals surface area (Å²) in [4.78, 5) is 35.1. The lowest BCUT2D eigenvalue weighted by Gasteiger charge is -2.09. The Labute approximate surface area is 171 Å². The smallest absolute Gasteiger partial charge is 0.375 e. The van der Waals surface area contributed by atoms with Crippen LogP contribution < -0.4 is 10.1 Å². The second kappa shape index (κ2) is 9.37. The summed E-state index contributed by atoms with van der Waals surface area (Å²) in [6, 6.07) is 14.7. The lowest BCUT2D eigenvalue weighted by molar-refractivity contribution is -0.384. The van der Waals surface area contributed by atoms with Crippen LogP contribution >= 0.6 is 0 Å². The van der Waals surface area contributed by atoms with Crippen LogP contribution in [0.5, 0.6) is 5.75 Å². The number of ether oxygens (including phenoxy) is 2. The van der Waals surface area contributed by atoms with Crippen LogP contribution in [-0.2, 0) is 9.53 Å². The van der Waals surface area contributed by atoms with Gasteiger partial charge in [0, 0.05) is 5.56 Å². The number of nitro benzene ring substituents is 1. The van der Waals surface area contributed by atoms with Crippen LogP contribution in [0.25, 0.3) is 11.1 Å². The zero-order chi connectivity index (χ0) is 21.5. The Morgan fingerprint density at radius 1 is 1.13 bits per heavy atom. The van der Waals surface area contributed by atoms with Gasteiger partial charge in [0.25, 0.3) is 11.6 Å². The third-order valence-corrected chi connectivity index (χ3v) is 4.02. The minimum Gasteiger partial charge on any atom is -0.494 e. The van der Waals surface area contributed by atoms with E-state index in [4.69, 9.17) is 13.9 Å². The van der Waals surface area contributed by atoms with E-state index in [0.29, 0.717) is 17.9 Å². The molecular weight excluding hydrogens is 392 g/mol. The van der Waals surface area contributed by atoms with Crippen molar-refractivity contribution in [1.29, 1.82) is 0 Å². The number of amides is 1. The Balaban J connectivity index is 1.65. The minimum absolute atomic E-state index is 0.0347. The summed E-state index contributed by atoms with van der Waals surface area (Å²) in [7, 11) is 0. The fourth-order valence-corrected chi connectivity index (χ4v) is 2.72. The Morgan fingerprint density at radius 2 is 1.90 bits per heavy atom. The first kappa shape index (κ1) is 20.6. The van der Waals surface area contributed by atoms with Crippen molar-refractivity contribution >= 4 is 23.3 Å². The van der Waals surface area contributed by atoms with Crippen molar-refractivity contribution < 1.29 is 28.4 Å². The number of nitrogens with zero attached hydrogens (tertiary/aromatic N) is 1. The molecule has 9 heteroatoms. The molecule has 1 amide bonds. The summed E-state index contributed by atoms with van der Waals surface area (Å²) in [5, 5.41) is 13.6. The molecule has 0 radical (unpaired) electrons. The van der Waals surface area contributed by atoms with Crippen molar-refractivity contribution in [3.63, 3.8) is 0 Å². The quantitative estimate of drug-likeness (QED) is 0.338. The van der Waals surface area contributed by atoms with Crippen molar-refractivity contribution in [3.8, 4) is 16.9 Å². The average Bonchev–Trinajstić information content (AvgIpc) is 3.24. The molecule has 0 saturated heterocycles. The van der Waals surface area contributed by atoms with Gasteiger partial charge in [0.05, 0.1) is 23.9 Å². The summed E-state index contributed by atoms with van der Waals surface area (Å²) in [5.74, 6) is -1.29. The number of hydrogen-bond donors (Lipinski definition) is 1. The molecule has 0 aliphatic rings. The van der Waals surface area contributed by atoms with Gasteiger partial charge in [0.1, 0.15) is 11.4 Å². The van der Waals surface area contributed by atoms with Crippen molar-refractivity contribution in [2.45, 2.75) is 6.92 Å². The van der Waals surface area contributed by atoms with Gasteiger partial charge in [-0.3, -0.25) is 14.9 Å². The van der Waals surface area contributed by atoms with Gasteiger partial charge in [0.15, 0.2) is 6.61 Å². The highest BCUT2D eigenvalue weighted by Gasteiger charge is 2.21. The summed E-state index contributed by atoms with van der Waals surface area (Å²) < 4.78 is 15.4. The predicted octanol–water partition coefficient (Wildman–Crippen LogP) is 4.05. The molecule has 1 N–H and O–H groups in total. The van der Waals surface area contributed by atoms with Gasteiger partial charge in [-0.15, -0.1) is 0 Å². The van der Waals surface area contributed by atoms with E-state index < -0.39 is 23.4 Å². The van der Waals surface area contributed by atoms with E-state index in [2.05, 4.69) is 5.32 Å². The van der Waals surface area contributed by atoms with E-state index in [0.717, 1.165) is 5.56 Å². The number of hydrogen-bond acceptors (Lipinski definition) is 7. The number of nitrogens with one attached hydrogen (secondary N) is 1. The number of esters is 1. The molecule has 0 aliphatic heterocycles. The molecule has 0 atom stereocenters. The highest BCUT2D eigenvalue weighted by Crippen LogP contribution is 2.29. The molecule has 2 aromatic carbocycles. The van der Waals surface area contributed by atoms with Gasteiger partial charge < -0.3 is 19.2 Å². The first-order valence-electron chi connectivity index (χ1n) is 9.00. The number of benzene rings is 2. The molecular formula is C21H18N2O7. The van der Waals surface area contributed by atoms with Crippen LogP contribution in [0.4, 0.5) is 11.4 Å². The standard InChI is InChI=1S/C21H18N2O7/c1-2-28-15-8-9-17(18(12-15)23(26)27)22-19(24)13-30-21(25)20-16(10-11-29-20)14-6-4-3-5-7-14/h3-12H,2,13H2,1H3,(H,22,24). The topological polar surface area (TPSA) is 121 Å². The van der Waals surface area contributed by atoms with Crippen LogP contribution in [0, 0.1) is 10.1 Å². The van der Waals surface area contributed by atoms with E-state index in [1.54, 1.807) is 25.1 Å². The SMILES string of the molecule is CCOc1ccc(NC(=O)COC(=O)c2occc2-c2ccccc2)c([N+](=O)[O-])c1. The second-order valence-electron chi connectivity index (χ2n) is 6.02. The molecule has 0 unspecified atom stereocenters. The van der Waals surface area contributed by atoms with E-state index in [1.807, 2.05) is 18.2 Å². The number of rotatable bonds is 8. The molecule has 0 bridgehead atoms. The molecule has 0 aliphatic carbocycles. The van der Waals surface area contributed by atoms with Crippen molar-refractivity contribution in [2.75, 3.05) is 18.5 Å². The maximum absolute atomic E-state index is 12.3. The third kappa shape index (κ3) is 4.82. The summed E-state index contributed by atoms with van der Waals surface area (Å²) >= 11 is 0. The van der Waals surface area contributed by atoms with E-state index in [1.165, 1.54) is 24.5 Å². The Hall–Kier alpha value is -4.14. The minimum atomic E-state index is -0.824. The molecule has 1 heterocycles. The molecule has 3 rings (SSSR count). The highest BCUT2D eigenvalue weighted by molar-refractivity contribution is 5.98. The maximum atomic E-state index is 12.3. The summed E-state index contributed by atoms with van der Waals surface area (Å²) in [6.07, 6.45) is 1.35. The molecule has 154 valence electrons. The average molecular weight is 410 g/mol. The monoisotopic (exact) mass is 410 g/mol. The highest BCUT2D eigenvalue weighted by atomic mass is 16.6. The van der Waals surface area contributed by atoms with Crippen LogP contribution in [0.3, 0.4) is 0 Å². The number of carbonyl (C=O) groups is 2. The number of nitro groups is 1. The largest absolute Gasteiger partial charge is 0.494 e. The van der Waals surface area contributed by atoms with Crippen molar-refractivity contribution in [2.24, 2.45) is 0 Å². The molecule has 0 spiro atoms. The lowest BCUT2D eigenvalue weighted by Crippen LogP contribution is -2.21. The fraction of sp³-hybridized carbons (Fsp3) is 0.143. The van der Waals surface area contributed by atoms with Crippen LogP contribution in [-0.4, -0.2) is 30.0 Å². The molecule has 30 heavy (non-hydrogen) atoms. The normalized spacial score (nSPS) is 10.3. The summed E-state index contributed by atoms with van der Waals surface area (Å²) in [6.45, 7) is 1.45. The number of anilines is 1. The molecule has 0 fully saturated rings. The van der Waals surface area contributed by atoms with Crippen molar-refractivity contribution in [1.82, 2.24) is 0 Å². The number of carbonyl (C=O) groups excluding carboxylic acids is 2. The Morgan fingerprint density at radius 3 is 2.60 bits per heavy atom. The third-order valence-electron chi connectivity index (χ3n) is 4.02. The first-order valence-corrected chi connectivity index (χ1v) is 9.00. The van der Waals surface area contributed by atoms with E-state index in [9.17, 15) is 19.7 Å². The molecule has 0 saturated carbocycles. The van der Waals surface area contributed by atoms with Gasteiger partial charge >= 0.3 is 5.97 Å². The van der Waals surface area contributed by atoms with Gasteiger partial charge in [-0.05, 0) is 30.7 Å². The van der Waals surface area contributed by atoms with Crippen LogP contribution in [0.2, 0.25) is 0 Å². The zero-order valence-corrected chi connectivity index (χ0v) is 16.0. The Bertz CT molecular complexity index is 1060.